The first-order chi connectivity index (χ1) is 12.4. The Labute approximate surface area is 152 Å². The summed E-state index contributed by atoms with van der Waals surface area (Å²) < 4.78 is 7.46. The summed E-state index contributed by atoms with van der Waals surface area (Å²) in [6.07, 6.45) is -0.758. The van der Waals surface area contributed by atoms with E-state index in [1.807, 2.05) is 24.3 Å². The fraction of sp³-hybridized carbons (Fsp3) is 0.444. The first kappa shape index (κ1) is 18.1. The number of rotatable bonds is 6. The fourth-order valence-electron chi connectivity index (χ4n) is 3.23. The SMILES string of the molecule is CONc1cc2cc(N3C[C@H](CNC(C)=O)OC3=O)ccc2n1C(C)C. The van der Waals surface area contributed by atoms with Crippen molar-refractivity contribution in [2.24, 2.45) is 0 Å². The standard InChI is InChI=1S/C18H24N4O4/c1-11(2)22-16-6-5-14(7-13(16)8-17(22)20-25-4)21-10-15(26-18(21)24)9-19-12(3)23/h5-8,11,15,20H,9-10H2,1-4H3,(H,19,23)/t15-/m0/s1. The number of amides is 2. The van der Waals surface area contributed by atoms with E-state index < -0.39 is 6.09 Å². The summed E-state index contributed by atoms with van der Waals surface area (Å²) in [5, 5.41) is 3.67. The number of benzene rings is 1. The van der Waals surface area contributed by atoms with Crippen molar-refractivity contribution in [3.63, 3.8) is 0 Å². The zero-order chi connectivity index (χ0) is 18.8. The third-order valence-corrected chi connectivity index (χ3v) is 4.31. The van der Waals surface area contributed by atoms with Crippen LogP contribution in [0.15, 0.2) is 24.3 Å². The Hall–Kier alpha value is -2.74. The summed E-state index contributed by atoms with van der Waals surface area (Å²) >= 11 is 0. The van der Waals surface area contributed by atoms with E-state index in [2.05, 4.69) is 29.2 Å². The molecule has 2 heterocycles. The van der Waals surface area contributed by atoms with Crippen LogP contribution in [0.2, 0.25) is 0 Å². The van der Waals surface area contributed by atoms with Crippen molar-refractivity contribution >= 4 is 34.4 Å². The average molecular weight is 360 g/mol. The normalized spacial score (nSPS) is 17.0. The van der Waals surface area contributed by atoms with E-state index in [0.29, 0.717) is 13.1 Å². The molecule has 140 valence electrons. The molecule has 3 rings (SSSR count). The molecule has 26 heavy (non-hydrogen) atoms. The van der Waals surface area contributed by atoms with Crippen LogP contribution < -0.4 is 15.7 Å². The highest BCUT2D eigenvalue weighted by atomic mass is 16.6. The van der Waals surface area contributed by atoms with Crippen molar-refractivity contribution in [2.75, 3.05) is 30.6 Å². The lowest BCUT2D eigenvalue weighted by Crippen LogP contribution is -2.33. The van der Waals surface area contributed by atoms with Crippen LogP contribution in [0.1, 0.15) is 26.8 Å². The highest BCUT2D eigenvalue weighted by Gasteiger charge is 2.32. The monoisotopic (exact) mass is 360 g/mol. The van der Waals surface area contributed by atoms with Gasteiger partial charge in [-0.3, -0.25) is 20.0 Å². The van der Waals surface area contributed by atoms with Gasteiger partial charge in [-0.2, -0.15) is 0 Å². The third-order valence-electron chi connectivity index (χ3n) is 4.31. The van der Waals surface area contributed by atoms with Gasteiger partial charge in [0.1, 0.15) is 11.9 Å². The minimum Gasteiger partial charge on any atom is -0.442 e. The predicted octanol–water partition coefficient (Wildman–Crippen LogP) is 2.66. The zero-order valence-corrected chi connectivity index (χ0v) is 15.4. The van der Waals surface area contributed by atoms with E-state index >= 15 is 0 Å². The maximum absolute atomic E-state index is 12.2. The van der Waals surface area contributed by atoms with Gasteiger partial charge < -0.3 is 14.6 Å². The Morgan fingerprint density at radius 1 is 1.38 bits per heavy atom. The first-order valence-corrected chi connectivity index (χ1v) is 8.57. The average Bonchev–Trinajstić information content (AvgIpc) is 3.12. The van der Waals surface area contributed by atoms with Crippen molar-refractivity contribution in [2.45, 2.75) is 32.9 Å². The Bertz CT molecular complexity index is 830. The van der Waals surface area contributed by atoms with E-state index in [1.54, 1.807) is 12.0 Å². The van der Waals surface area contributed by atoms with Crippen molar-refractivity contribution in [1.29, 1.82) is 0 Å². The second-order valence-electron chi connectivity index (χ2n) is 6.60. The lowest BCUT2D eigenvalue weighted by Gasteiger charge is -2.16. The molecular formula is C18H24N4O4. The van der Waals surface area contributed by atoms with Crippen LogP contribution in [-0.4, -0.2) is 42.9 Å². The molecule has 1 atom stereocenters. The second-order valence-corrected chi connectivity index (χ2v) is 6.60. The molecule has 0 bridgehead atoms. The second kappa shape index (κ2) is 7.25. The van der Waals surface area contributed by atoms with Gasteiger partial charge in [0.25, 0.3) is 0 Å². The quantitative estimate of drug-likeness (QED) is 0.774. The molecule has 0 saturated carbocycles. The number of nitrogens with one attached hydrogen (secondary N) is 2. The number of fused-ring (bicyclic) bond motifs is 1. The molecule has 0 spiro atoms. The smallest absolute Gasteiger partial charge is 0.414 e. The first-order valence-electron chi connectivity index (χ1n) is 8.57. The lowest BCUT2D eigenvalue weighted by molar-refractivity contribution is -0.119. The lowest BCUT2D eigenvalue weighted by atomic mass is 10.2. The van der Waals surface area contributed by atoms with Gasteiger partial charge in [-0.15, -0.1) is 0 Å². The maximum atomic E-state index is 12.2. The van der Waals surface area contributed by atoms with Crippen LogP contribution in [0.25, 0.3) is 10.9 Å². The molecule has 2 amide bonds. The van der Waals surface area contributed by atoms with Gasteiger partial charge in [-0.05, 0) is 38.1 Å². The molecule has 8 heteroatoms. The van der Waals surface area contributed by atoms with Crippen molar-refractivity contribution in [1.82, 2.24) is 9.88 Å². The summed E-state index contributed by atoms with van der Waals surface area (Å²) in [7, 11) is 1.57. The Balaban J connectivity index is 1.87. The van der Waals surface area contributed by atoms with Crippen molar-refractivity contribution in [3.05, 3.63) is 24.3 Å². The summed E-state index contributed by atoms with van der Waals surface area (Å²) in [5.74, 6) is 0.705. The number of hydrogen-bond donors (Lipinski definition) is 2. The van der Waals surface area contributed by atoms with Gasteiger partial charge in [0.15, 0.2) is 0 Å². The Kier molecular flexibility index (Phi) is 5.03. The number of aromatic nitrogens is 1. The molecule has 1 saturated heterocycles. The fourth-order valence-corrected chi connectivity index (χ4v) is 3.23. The number of carbonyl (C=O) groups is 2. The van der Waals surface area contributed by atoms with Crippen LogP contribution in [0.5, 0.6) is 0 Å². The number of ether oxygens (including phenoxy) is 1. The van der Waals surface area contributed by atoms with E-state index in [1.165, 1.54) is 6.92 Å². The van der Waals surface area contributed by atoms with Gasteiger partial charge in [0.05, 0.1) is 25.7 Å². The van der Waals surface area contributed by atoms with Crippen LogP contribution in [0.3, 0.4) is 0 Å². The van der Waals surface area contributed by atoms with E-state index in [0.717, 1.165) is 22.4 Å². The summed E-state index contributed by atoms with van der Waals surface area (Å²) in [6.45, 7) is 6.34. The minimum absolute atomic E-state index is 0.144. The number of carbonyl (C=O) groups excluding carboxylic acids is 2. The number of nitrogens with zero attached hydrogens (tertiary/aromatic N) is 2. The molecule has 0 radical (unpaired) electrons. The topological polar surface area (TPSA) is 84.8 Å². The molecule has 1 aliphatic rings. The van der Waals surface area contributed by atoms with Crippen LogP contribution in [0.4, 0.5) is 16.3 Å². The molecule has 2 N–H and O–H groups in total. The molecular weight excluding hydrogens is 336 g/mol. The van der Waals surface area contributed by atoms with Crippen molar-refractivity contribution < 1.29 is 19.2 Å². The molecule has 1 aliphatic heterocycles. The van der Waals surface area contributed by atoms with Gasteiger partial charge in [0, 0.05) is 24.0 Å². The number of cyclic esters (lactones) is 1. The van der Waals surface area contributed by atoms with Crippen LogP contribution in [0, 0.1) is 0 Å². The summed E-state index contributed by atoms with van der Waals surface area (Å²) in [4.78, 5) is 29.9. The summed E-state index contributed by atoms with van der Waals surface area (Å²) in [6, 6.07) is 8.07. The molecule has 1 fully saturated rings. The molecule has 2 aromatic rings. The molecule has 0 aliphatic carbocycles. The maximum Gasteiger partial charge on any atom is 0.414 e. The predicted molar refractivity (Wildman–Crippen MR) is 99.3 cm³/mol. The molecule has 1 aromatic heterocycles. The number of hydrogen-bond acceptors (Lipinski definition) is 5. The highest BCUT2D eigenvalue weighted by molar-refractivity contribution is 5.95. The van der Waals surface area contributed by atoms with E-state index in [9.17, 15) is 9.59 Å². The van der Waals surface area contributed by atoms with Gasteiger partial charge in [-0.1, -0.05) is 0 Å². The molecule has 8 nitrogen and oxygen atoms in total. The third kappa shape index (κ3) is 3.45. The van der Waals surface area contributed by atoms with Gasteiger partial charge >= 0.3 is 6.09 Å². The zero-order valence-electron chi connectivity index (χ0n) is 15.4. The van der Waals surface area contributed by atoms with E-state index in [4.69, 9.17) is 9.57 Å². The van der Waals surface area contributed by atoms with Crippen molar-refractivity contribution in [3.8, 4) is 0 Å². The van der Waals surface area contributed by atoms with Gasteiger partial charge in [-0.25, -0.2) is 4.79 Å². The highest BCUT2D eigenvalue weighted by Crippen LogP contribution is 2.32. The number of anilines is 2. The van der Waals surface area contributed by atoms with E-state index in [-0.39, 0.29) is 18.1 Å². The Morgan fingerprint density at radius 3 is 2.81 bits per heavy atom. The molecule has 0 unspecified atom stereocenters. The van der Waals surface area contributed by atoms with Crippen LogP contribution in [-0.2, 0) is 14.4 Å². The summed E-state index contributed by atoms with van der Waals surface area (Å²) in [5.41, 5.74) is 4.71. The minimum atomic E-state index is -0.404. The largest absolute Gasteiger partial charge is 0.442 e. The van der Waals surface area contributed by atoms with Crippen LogP contribution >= 0.6 is 0 Å². The molecule has 1 aromatic carbocycles. The Morgan fingerprint density at radius 2 is 2.15 bits per heavy atom. The van der Waals surface area contributed by atoms with Gasteiger partial charge in [0.2, 0.25) is 5.91 Å².